The number of ether oxygens (including phenoxy) is 2. The Bertz CT molecular complexity index is 2470. The number of hydrogen-bond acceptors (Lipinski definition) is 3. The first-order valence-corrected chi connectivity index (χ1v) is 24.9. The molecule has 7 nitrogen and oxygen atoms in total. The Kier molecular flexibility index (Phi) is 11.1. The van der Waals surface area contributed by atoms with Crippen LogP contribution in [-0.2, 0) is 54.8 Å². The van der Waals surface area contributed by atoms with Crippen LogP contribution in [0.4, 0.5) is 0 Å². The summed E-state index contributed by atoms with van der Waals surface area (Å²) in [6.07, 6.45) is 6.16. The molecule has 0 saturated carbocycles. The molecule has 4 aromatic heterocycles. The number of fused-ring (bicyclic) bond motifs is 6. The lowest BCUT2D eigenvalue weighted by Crippen LogP contribution is -2.28. The van der Waals surface area contributed by atoms with Gasteiger partial charge in [-0.05, 0) is 115 Å². The molecule has 0 spiro atoms. The van der Waals surface area contributed by atoms with Crippen molar-refractivity contribution in [1.29, 1.82) is 0 Å². The average Bonchev–Trinajstić information content (AvgIpc) is 4.02. The Labute approximate surface area is 361 Å². The van der Waals surface area contributed by atoms with Crippen molar-refractivity contribution in [2.45, 2.75) is 138 Å². The zero-order valence-electron chi connectivity index (χ0n) is 38.6. The van der Waals surface area contributed by atoms with E-state index >= 15 is 0 Å². The highest BCUT2D eigenvalue weighted by atomic mass is 31.2. The van der Waals surface area contributed by atoms with Gasteiger partial charge >= 0.3 is 8.45 Å². The molecule has 0 N–H and O–H groups in total. The van der Waals surface area contributed by atoms with E-state index < -0.39 is 8.45 Å². The maximum atomic E-state index is 7.33. The minimum Gasteiger partial charge on any atom is -0.493 e. The number of aryl methyl sites for hydroxylation is 4. The largest absolute Gasteiger partial charge is 0.493 e. The summed E-state index contributed by atoms with van der Waals surface area (Å²) in [5.74, 6) is 3.13. The fourth-order valence-electron chi connectivity index (χ4n) is 9.26. The van der Waals surface area contributed by atoms with Gasteiger partial charge in [0.1, 0.15) is 8.22 Å². The van der Waals surface area contributed by atoms with Gasteiger partial charge in [0, 0.05) is 74.9 Å². The highest BCUT2D eigenvalue weighted by molar-refractivity contribution is 7.53. The topological polar surface area (TPSA) is 47.4 Å². The van der Waals surface area contributed by atoms with Gasteiger partial charge < -0.3 is 22.7 Å². The van der Waals surface area contributed by atoms with Crippen molar-refractivity contribution in [3.63, 3.8) is 0 Å². The Morgan fingerprint density at radius 2 is 0.933 bits per heavy atom. The molecule has 3 aliphatic rings. The Morgan fingerprint density at radius 3 is 1.32 bits per heavy atom. The van der Waals surface area contributed by atoms with Crippen LogP contribution in [0.5, 0.6) is 23.0 Å². The fraction of sp³-hybridized carbons (Fsp3) is 0.451. The van der Waals surface area contributed by atoms with Crippen LogP contribution < -0.4 is 14.0 Å². The summed E-state index contributed by atoms with van der Waals surface area (Å²) in [5, 5.41) is 0. The summed E-state index contributed by atoms with van der Waals surface area (Å²) in [6, 6.07) is 27.3. The number of rotatable bonds is 7. The minimum atomic E-state index is -1.23. The second kappa shape index (κ2) is 15.6. The van der Waals surface area contributed by atoms with Gasteiger partial charge in [0.15, 0.2) is 23.0 Å². The monoisotopic (exact) mass is 844 g/mol. The summed E-state index contributed by atoms with van der Waals surface area (Å²) in [5.41, 5.74) is 15.5. The molecule has 0 aliphatic carbocycles. The summed E-state index contributed by atoms with van der Waals surface area (Å²) >= 11 is 0. The molecule has 9 rings (SSSR count). The van der Waals surface area contributed by atoms with Gasteiger partial charge in [-0.2, -0.15) is 0 Å². The van der Waals surface area contributed by atoms with Gasteiger partial charge in [-0.25, -0.2) is 0 Å². The highest BCUT2D eigenvalue weighted by Gasteiger charge is 2.41. The first-order chi connectivity index (χ1) is 28.4. The van der Waals surface area contributed by atoms with Crippen LogP contribution >= 0.6 is 16.7 Å². The van der Waals surface area contributed by atoms with Gasteiger partial charge in [0.2, 0.25) is 0 Å². The molecular formula is C51H66N4O3P2. The van der Waals surface area contributed by atoms with Crippen LogP contribution in [0.1, 0.15) is 151 Å². The molecule has 0 radical (unpaired) electrons. The van der Waals surface area contributed by atoms with Gasteiger partial charge in [-0.1, -0.05) is 95.2 Å². The van der Waals surface area contributed by atoms with Crippen LogP contribution in [0, 0.1) is 0 Å². The van der Waals surface area contributed by atoms with Crippen LogP contribution in [-0.4, -0.2) is 31.1 Å². The van der Waals surface area contributed by atoms with Crippen molar-refractivity contribution in [3.8, 4) is 23.0 Å². The zero-order chi connectivity index (χ0) is 43.1. The average molecular weight is 845 g/mol. The molecule has 7 heterocycles. The lowest BCUT2D eigenvalue weighted by Gasteiger charge is -2.39. The minimum absolute atomic E-state index is 0.0271. The van der Waals surface area contributed by atoms with Crippen molar-refractivity contribution in [2.75, 3.05) is 13.8 Å². The van der Waals surface area contributed by atoms with Crippen molar-refractivity contribution < 1.29 is 14.0 Å². The van der Waals surface area contributed by atoms with E-state index in [1.165, 1.54) is 56.7 Å². The van der Waals surface area contributed by atoms with E-state index in [1.54, 1.807) is 7.11 Å². The van der Waals surface area contributed by atoms with Crippen LogP contribution in [0.25, 0.3) is 0 Å². The van der Waals surface area contributed by atoms with E-state index in [4.69, 9.17) is 14.0 Å². The SMILES string of the molecule is CCc1ccc2n1P(C)n1c(CC)ccc1C2.CCc1ccc2n1P(Oc1cc(C(C)(C)C)cc3c1Oc1c(OC)cc(C(C)(C)C)cc1C3(C)C)n1c(CC)ccc1C2. The van der Waals surface area contributed by atoms with Crippen molar-refractivity contribution >= 4 is 16.7 Å². The second-order valence-electron chi connectivity index (χ2n) is 19.2. The molecule has 3 aliphatic heterocycles. The predicted molar refractivity (Wildman–Crippen MR) is 252 cm³/mol. The quantitative estimate of drug-likeness (QED) is 0.150. The van der Waals surface area contributed by atoms with E-state index in [0.29, 0.717) is 0 Å². The molecule has 6 aromatic rings. The molecule has 9 heteroatoms. The standard InChI is InChI=1S/C37H47N2O3P.C14H19N2P/c1-12-25-14-16-27-22-28-17-15-26(13-2)39(28)43(38(25)27)42-32-21-24(36(6,7)8)19-30-34(32)41-33-29(37(30,9)10)18-23(35(3,4)5)20-31(33)40-11;1-4-11-6-8-13-10-14-9-7-12(5-2)16(14)17(3)15(11)13/h14-21H,12-13,22H2,1-11H3;6-9H,4-5,10H2,1-3H3. The fourth-order valence-corrected chi connectivity index (χ4v) is 13.8. The Morgan fingerprint density at radius 1 is 0.567 bits per heavy atom. The van der Waals surface area contributed by atoms with Crippen LogP contribution in [0.15, 0.2) is 72.8 Å². The molecule has 2 aromatic carbocycles. The molecule has 60 heavy (non-hydrogen) atoms. The Hall–Kier alpha value is -4.18. The lowest BCUT2D eigenvalue weighted by atomic mass is 9.72. The van der Waals surface area contributed by atoms with E-state index in [-0.39, 0.29) is 24.5 Å². The maximum absolute atomic E-state index is 7.33. The number of methoxy groups -OCH3 is 1. The Balaban J connectivity index is 0.000000243. The molecule has 318 valence electrons. The first-order valence-electron chi connectivity index (χ1n) is 22.1. The first kappa shape index (κ1) is 42.5. The molecule has 0 amide bonds. The highest BCUT2D eigenvalue weighted by Crippen LogP contribution is 2.59. The second-order valence-corrected chi connectivity index (χ2v) is 22.5. The molecular weight excluding hydrogens is 779 g/mol. The summed E-state index contributed by atoms with van der Waals surface area (Å²) in [4.78, 5) is 0. The summed E-state index contributed by atoms with van der Waals surface area (Å²) in [6.45, 7) is 29.5. The number of hydrogen-bond donors (Lipinski definition) is 0. The molecule has 0 saturated heterocycles. The smallest absolute Gasteiger partial charge is 0.318 e. The van der Waals surface area contributed by atoms with Gasteiger partial charge in [0.05, 0.1) is 7.11 Å². The van der Waals surface area contributed by atoms with Gasteiger partial charge in [-0.3, -0.25) is 8.68 Å². The van der Waals surface area contributed by atoms with Crippen molar-refractivity contribution in [1.82, 2.24) is 17.4 Å². The van der Waals surface area contributed by atoms with Crippen LogP contribution in [0.3, 0.4) is 0 Å². The third kappa shape index (κ3) is 7.06. The van der Waals surface area contributed by atoms with Crippen LogP contribution in [0.2, 0.25) is 0 Å². The third-order valence-electron chi connectivity index (χ3n) is 12.9. The third-order valence-corrected chi connectivity index (χ3v) is 17.2. The lowest BCUT2D eigenvalue weighted by molar-refractivity contribution is 0.348. The summed E-state index contributed by atoms with van der Waals surface area (Å²) < 4.78 is 30.3. The normalized spacial score (nSPS) is 15.4. The molecule has 0 unspecified atom stereocenters. The molecule has 0 fully saturated rings. The van der Waals surface area contributed by atoms with Crippen molar-refractivity contribution in [2.24, 2.45) is 0 Å². The summed E-state index contributed by atoms with van der Waals surface area (Å²) in [7, 11) is 0.236. The number of aromatic nitrogens is 4. The van der Waals surface area contributed by atoms with E-state index in [0.717, 1.165) is 72.6 Å². The van der Waals surface area contributed by atoms with Gasteiger partial charge in [0.25, 0.3) is 0 Å². The number of nitrogens with zero attached hydrogens (tertiary/aromatic N) is 4. The van der Waals surface area contributed by atoms with E-state index in [1.807, 2.05) is 0 Å². The maximum Gasteiger partial charge on any atom is 0.318 e. The van der Waals surface area contributed by atoms with Gasteiger partial charge in [-0.15, -0.1) is 0 Å². The van der Waals surface area contributed by atoms with E-state index in [9.17, 15) is 0 Å². The zero-order valence-corrected chi connectivity index (χ0v) is 40.4. The number of benzene rings is 2. The molecule has 0 bridgehead atoms. The molecule has 0 atom stereocenters. The van der Waals surface area contributed by atoms with Crippen molar-refractivity contribution in [3.05, 3.63) is 141 Å². The predicted octanol–water partition coefficient (Wildman–Crippen LogP) is 13.7. The van der Waals surface area contributed by atoms with E-state index in [2.05, 4.69) is 180 Å².